The van der Waals surface area contributed by atoms with E-state index in [1.54, 1.807) is 0 Å². The Morgan fingerprint density at radius 3 is 1.09 bits per heavy atom. The minimum atomic E-state index is -0.785. The van der Waals surface area contributed by atoms with Crippen LogP contribution in [0.15, 0.2) is 60.8 Å². The van der Waals surface area contributed by atoms with Crippen LogP contribution >= 0.6 is 0 Å². The molecule has 334 valence electrons. The average molecular weight is 811 g/mol. The molecule has 0 saturated carbocycles. The first-order valence-corrected chi connectivity index (χ1v) is 24.3. The standard InChI is InChI=1S/C52H90O6/c1-4-7-10-13-16-19-22-24-26-28-30-33-36-39-42-45-51(54)57-48-49(47-56-50(53)44-41-38-35-32-21-18-15-12-9-6-3)58-52(55)46-43-40-37-34-31-29-27-25-23-20-17-14-11-8-5-2/h7,10,16-17,19-20,24-27,49H,4-6,8-9,11-15,18,21-23,28-48H2,1-3H3/b10-7-,19-16-,20-17-,26-24-,27-25-/t49-/m1/s1. The molecule has 0 aliphatic rings. The lowest BCUT2D eigenvalue weighted by molar-refractivity contribution is -0.167. The molecule has 0 spiro atoms. The molecule has 0 aromatic carbocycles. The smallest absolute Gasteiger partial charge is 0.306 e. The summed E-state index contributed by atoms with van der Waals surface area (Å²) in [5.41, 5.74) is 0. The molecule has 0 radical (unpaired) electrons. The van der Waals surface area contributed by atoms with Crippen molar-refractivity contribution in [1.29, 1.82) is 0 Å². The molecule has 58 heavy (non-hydrogen) atoms. The van der Waals surface area contributed by atoms with Gasteiger partial charge in [-0.1, -0.05) is 191 Å². The number of rotatable bonds is 43. The summed E-state index contributed by atoms with van der Waals surface area (Å²) in [6.07, 6.45) is 56.3. The highest BCUT2D eigenvalue weighted by atomic mass is 16.6. The van der Waals surface area contributed by atoms with Gasteiger partial charge < -0.3 is 14.2 Å². The lowest BCUT2D eigenvalue weighted by Gasteiger charge is -2.18. The average Bonchev–Trinajstić information content (AvgIpc) is 3.22. The summed E-state index contributed by atoms with van der Waals surface area (Å²) in [5, 5.41) is 0. The Labute approximate surface area is 358 Å². The zero-order chi connectivity index (χ0) is 42.3. The van der Waals surface area contributed by atoms with Crippen LogP contribution < -0.4 is 0 Å². The second-order valence-electron chi connectivity index (χ2n) is 16.0. The van der Waals surface area contributed by atoms with Gasteiger partial charge in [-0.2, -0.15) is 0 Å². The van der Waals surface area contributed by atoms with Crippen LogP contribution in [0.3, 0.4) is 0 Å². The number of unbranched alkanes of at least 4 members (excludes halogenated alkanes) is 22. The van der Waals surface area contributed by atoms with Gasteiger partial charge in [0.25, 0.3) is 0 Å². The van der Waals surface area contributed by atoms with Gasteiger partial charge in [-0.15, -0.1) is 0 Å². The van der Waals surface area contributed by atoms with Gasteiger partial charge in [0.1, 0.15) is 13.2 Å². The maximum Gasteiger partial charge on any atom is 0.306 e. The van der Waals surface area contributed by atoms with Crippen molar-refractivity contribution in [2.24, 2.45) is 0 Å². The lowest BCUT2D eigenvalue weighted by atomic mass is 10.1. The molecule has 0 N–H and O–H groups in total. The van der Waals surface area contributed by atoms with E-state index in [9.17, 15) is 14.4 Å². The maximum absolute atomic E-state index is 12.7. The van der Waals surface area contributed by atoms with Gasteiger partial charge in [0, 0.05) is 19.3 Å². The van der Waals surface area contributed by atoms with Crippen molar-refractivity contribution in [2.45, 2.75) is 239 Å². The zero-order valence-corrected chi connectivity index (χ0v) is 38.0. The van der Waals surface area contributed by atoms with Gasteiger partial charge in [-0.05, 0) is 83.5 Å². The molecule has 0 fully saturated rings. The summed E-state index contributed by atoms with van der Waals surface area (Å²) >= 11 is 0. The first-order valence-electron chi connectivity index (χ1n) is 24.3. The molecule has 1 atom stereocenters. The normalized spacial score (nSPS) is 12.5. The van der Waals surface area contributed by atoms with Crippen LogP contribution in [-0.2, 0) is 28.6 Å². The summed E-state index contributed by atoms with van der Waals surface area (Å²) in [4.78, 5) is 37.8. The number of carbonyl (C=O) groups excluding carboxylic acids is 3. The first kappa shape index (κ1) is 55.1. The number of hydrogen-bond acceptors (Lipinski definition) is 6. The third-order valence-electron chi connectivity index (χ3n) is 10.3. The maximum atomic E-state index is 12.7. The van der Waals surface area contributed by atoms with E-state index < -0.39 is 6.10 Å². The summed E-state index contributed by atoms with van der Waals surface area (Å²) in [6, 6.07) is 0. The molecule has 0 unspecified atom stereocenters. The number of ether oxygens (including phenoxy) is 3. The number of esters is 3. The van der Waals surface area contributed by atoms with E-state index in [2.05, 4.69) is 81.5 Å². The molecule has 0 bridgehead atoms. The Hall–Kier alpha value is -2.89. The third-order valence-corrected chi connectivity index (χ3v) is 10.3. The molecule has 0 aliphatic heterocycles. The van der Waals surface area contributed by atoms with Gasteiger partial charge in [-0.3, -0.25) is 14.4 Å². The topological polar surface area (TPSA) is 78.9 Å². The molecular formula is C52H90O6. The van der Waals surface area contributed by atoms with E-state index in [0.717, 1.165) is 122 Å². The Morgan fingerprint density at radius 2 is 0.672 bits per heavy atom. The number of allylic oxidation sites excluding steroid dienone is 10. The highest BCUT2D eigenvalue weighted by Gasteiger charge is 2.19. The van der Waals surface area contributed by atoms with Crippen LogP contribution in [0.25, 0.3) is 0 Å². The van der Waals surface area contributed by atoms with Gasteiger partial charge in [-0.25, -0.2) is 0 Å². The van der Waals surface area contributed by atoms with Crippen molar-refractivity contribution in [1.82, 2.24) is 0 Å². The summed E-state index contributed by atoms with van der Waals surface area (Å²) in [6.45, 7) is 6.46. The molecule has 0 aromatic heterocycles. The molecule has 6 nitrogen and oxygen atoms in total. The Kier molecular flexibility index (Phi) is 44.5. The van der Waals surface area contributed by atoms with Crippen LogP contribution in [-0.4, -0.2) is 37.2 Å². The minimum absolute atomic E-state index is 0.0845. The summed E-state index contributed by atoms with van der Waals surface area (Å²) in [5.74, 6) is -0.917. The molecule has 0 saturated heterocycles. The fraction of sp³-hybridized carbons (Fsp3) is 0.750. The largest absolute Gasteiger partial charge is 0.462 e. The highest BCUT2D eigenvalue weighted by molar-refractivity contribution is 5.71. The fourth-order valence-electron chi connectivity index (χ4n) is 6.60. The van der Waals surface area contributed by atoms with Crippen molar-refractivity contribution >= 4 is 17.9 Å². The second-order valence-corrected chi connectivity index (χ2v) is 16.0. The monoisotopic (exact) mass is 811 g/mol. The number of hydrogen-bond donors (Lipinski definition) is 0. The molecule has 0 aliphatic carbocycles. The van der Waals surface area contributed by atoms with E-state index in [0.29, 0.717) is 19.3 Å². The van der Waals surface area contributed by atoms with Crippen LogP contribution in [0.2, 0.25) is 0 Å². The molecular weight excluding hydrogens is 721 g/mol. The summed E-state index contributed by atoms with van der Waals surface area (Å²) in [7, 11) is 0. The first-order chi connectivity index (χ1) is 28.5. The van der Waals surface area contributed by atoms with Crippen LogP contribution in [0.1, 0.15) is 233 Å². The predicted molar refractivity (Wildman–Crippen MR) is 247 cm³/mol. The van der Waals surface area contributed by atoms with Crippen molar-refractivity contribution in [2.75, 3.05) is 13.2 Å². The van der Waals surface area contributed by atoms with E-state index in [4.69, 9.17) is 14.2 Å². The van der Waals surface area contributed by atoms with Crippen molar-refractivity contribution in [3.8, 4) is 0 Å². The van der Waals surface area contributed by atoms with Crippen molar-refractivity contribution in [3.63, 3.8) is 0 Å². The Morgan fingerprint density at radius 1 is 0.362 bits per heavy atom. The van der Waals surface area contributed by atoms with Gasteiger partial charge in [0.15, 0.2) is 6.10 Å². The van der Waals surface area contributed by atoms with E-state index in [1.807, 2.05) is 0 Å². The number of carbonyl (C=O) groups is 3. The summed E-state index contributed by atoms with van der Waals surface area (Å²) < 4.78 is 16.7. The van der Waals surface area contributed by atoms with E-state index in [-0.39, 0.29) is 31.1 Å². The highest BCUT2D eigenvalue weighted by Crippen LogP contribution is 2.14. The molecule has 0 amide bonds. The lowest BCUT2D eigenvalue weighted by Crippen LogP contribution is -2.30. The second kappa shape index (κ2) is 46.8. The minimum Gasteiger partial charge on any atom is -0.462 e. The van der Waals surface area contributed by atoms with Crippen LogP contribution in [0.5, 0.6) is 0 Å². The third kappa shape index (κ3) is 44.2. The zero-order valence-electron chi connectivity index (χ0n) is 38.0. The fourth-order valence-corrected chi connectivity index (χ4v) is 6.60. The Balaban J connectivity index is 4.41. The quantitative estimate of drug-likeness (QED) is 0.0264. The van der Waals surface area contributed by atoms with Gasteiger partial charge in [0.05, 0.1) is 0 Å². The van der Waals surface area contributed by atoms with E-state index in [1.165, 1.54) is 70.6 Å². The molecule has 6 heteroatoms. The predicted octanol–water partition coefficient (Wildman–Crippen LogP) is 15.7. The molecule has 0 rings (SSSR count). The van der Waals surface area contributed by atoms with Gasteiger partial charge >= 0.3 is 17.9 Å². The van der Waals surface area contributed by atoms with Crippen molar-refractivity contribution in [3.05, 3.63) is 60.8 Å². The molecule has 0 aromatic rings. The SMILES string of the molecule is CC/C=C\C/C=C\C/C=C\CCCCCCCC(=O)OC[C@@H](COC(=O)CCCCCCCCCCCC)OC(=O)CCCCCCC/C=C\C/C=C\CCCCC. The van der Waals surface area contributed by atoms with Crippen LogP contribution in [0, 0.1) is 0 Å². The van der Waals surface area contributed by atoms with Gasteiger partial charge in [0.2, 0.25) is 0 Å². The van der Waals surface area contributed by atoms with Crippen LogP contribution in [0.4, 0.5) is 0 Å². The van der Waals surface area contributed by atoms with Crippen molar-refractivity contribution < 1.29 is 28.6 Å². The molecule has 0 heterocycles. The van der Waals surface area contributed by atoms with E-state index >= 15 is 0 Å². The Bertz CT molecular complexity index is 1070.